The number of thiazole rings is 1. The van der Waals surface area contributed by atoms with Gasteiger partial charge in [-0.25, -0.2) is 4.98 Å². The first-order valence-electron chi connectivity index (χ1n) is 5.28. The van der Waals surface area contributed by atoms with Gasteiger partial charge in [0.1, 0.15) is 0 Å². The molecule has 0 unspecified atom stereocenters. The molecule has 4 heteroatoms. The maximum atomic E-state index is 5.62. The monoisotopic (exact) mass is 233 g/mol. The standard InChI is InChI=1S/C12H15N3S/c13-6-8-15(12-14-7-9-16-12)10-11-4-2-1-3-5-11/h1-5,7,9H,6,8,10,13H2. The molecule has 0 fully saturated rings. The quantitative estimate of drug-likeness (QED) is 0.860. The first-order valence-corrected chi connectivity index (χ1v) is 6.16. The summed E-state index contributed by atoms with van der Waals surface area (Å²) in [6.07, 6.45) is 1.83. The van der Waals surface area contributed by atoms with Crippen molar-refractivity contribution in [2.75, 3.05) is 18.0 Å². The molecule has 0 aliphatic heterocycles. The highest BCUT2D eigenvalue weighted by atomic mass is 32.1. The largest absolute Gasteiger partial charge is 0.343 e. The Bertz CT molecular complexity index is 399. The van der Waals surface area contributed by atoms with Gasteiger partial charge in [0.15, 0.2) is 5.13 Å². The minimum absolute atomic E-state index is 0.645. The SMILES string of the molecule is NCCN(Cc1ccccc1)c1nccs1. The van der Waals surface area contributed by atoms with Crippen LogP contribution in [0.5, 0.6) is 0 Å². The molecular weight excluding hydrogens is 218 g/mol. The van der Waals surface area contributed by atoms with E-state index in [2.05, 4.69) is 34.1 Å². The van der Waals surface area contributed by atoms with Crippen LogP contribution in [0.2, 0.25) is 0 Å². The van der Waals surface area contributed by atoms with Crippen LogP contribution in [0.25, 0.3) is 0 Å². The third kappa shape index (κ3) is 2.81. The predicted octanol–water partition coefficient (Wildman–Crippen LogP) is 2.11. The molecule has 1 aromatic heterocycles. The van der Waals surface area contributed by atoms with Gasteiger partial charge in [-0.15, -0.1) is 11.3 Å². The van der Waals surface area contributed by atoms with E-state index in [0.717, 1.165) is 18.2 Å². The maximum Gasteiger partial charge on any atom is 0.185 e. The van der Waals surface area contributed by atoms with Crippen molar-refractivity contribution >= 4 is 16.5 Å². The normalized spacial score (nSPS) is 10.3. The van der Waals surface area contributed by atoms with Crippen molar-refractivity contribution in [3.63, 3.8) is 0 Å². The molecule has 0 aliphatic carbocycles. The van der Waals surface area contributed by atoms with Crippen LogP contribution in [-0.2, 0) is 6.54 Å². The number of rotatable bonds is 5. The molecule has 2 rings (SSSR count). The van der Waals surface area contributed by atoms with Crippen LogP contribution < -0.4 is 10.6 Å². The van der Waals surface area contributed by atoms with E-state index in [1.165, 1.54) is 5.56 Å². The fourth-order valence-electron chi connectivity index (χ4n) is 1.57. The molecule has 0 radical (unpaired) electrons. The fraction of sp³-hybridized carbons (Fsp3) is 0.250. The molecule has 2 N–H and O–H groups in total. The summed E-state index contributed by atoms with van der Waals surface area (Å²) in [5.74, 6) is 0. The Morgan fingerprint density at radius 3 is 2.69 bits per heavy atom. The number of anilines is 1. The number of hydrogen-bond donors (Lipinski definition) is 1. The van der Waals surface area contributed by atoms with E-state index in [9.17, 15) is 0 Å². The van der Waals surface area contributed by atoms with Crippen LogP contribution in [0.3, 0.4) is 0 Å². The van der Waals surface area contributed by atoms with E-state index in [0.29, 0.717) is 6.54 Å². The Balaban J connectivity index is 2.09. The molecule has 0 saturated heterocycles. The van der Waals surface area contributed by atoms with Gasteiger partial charge in [0.25, 0.3) is 0 Å². The molecule has 0 amide bonds. The Kier molecular flexibility index (Phi) is 3.91. The molecule has 3 nitrogen and oxygen atoms in total. The maximum absolute atomic E-state index is 5.62. The Labute approximate surface area is 99.5 Å². The second kappa shape index (κ2) is 5.63. The Morgan fingerprint density at radius 2 is 2.06 bits per heavy atom. The van der Waals surface area contributed by atoms with Crippen molar-refractivity contribution in [1.82, 2.24) is 4.98 Å². The van der Waals surface area contributed by atoms with E-state index in [1.807, 2.05) is 17.6 Å². The molecule has 0 aliphatic rings. The number of hydrogen-bond acceptors (Lipinski definition) is 4. The van der Waals surface area contributed by atoms with Crippen LogP contribution in [-0.4, -0.2) is 18.1 Å². The molecule has 1 aromatic carbocycles. The van der Waals surface area contributed by atoms with Gasteiger partial charge in [0.2, 0.25) is 0 Å². The van der Waals surface area contributed by atoms with Gasteiger partial charge < -0.3 is 10.6 Å². The second-order valence-electron chi connectivity index (χ2n) is 3.51. The third-order valence-corrected chi connectivity index (χ3v) is 3.14. The van der Waals surface area contributed by atoms with E-state index < -0.39 is 0 Å². The highest BCUT2D eigenvalue weighted by Gasteiger charge is 2.08. The summed E-state index contributed by atoms with van der Waals surface area (Å²) in [6, 6.07) is 10.4. The summed E-state index contributed by atoms with van der Waals surface area (Å²) in [5, 5.41) is 3.03. The van der Waals surface area contributed by atoms with Crippen LogP contribution in [0.4, 0.5) is 5.13 Å². The van der Waals surface area contributed by atoms with Gasteiger partial charge in [-0.3, -0.25) is 0 Å². The van der Waals surface area contributed by atoms with E-state index >= 15 is 0 Å². The third-order valence-electron chi connectivity index (χ3n) is 2.31. The van der Waals surface area contributed by atoms with E-state index in [-0.39, 0.29) is 0 Å². The zero-order valence-electron chi connectivity index (χ0n) is 9.04. The zero-order chi connectivity index (χ0) is 11.2. The van der Waals surface area contributed by atoms with Gasteiger partial charge in [0, 0.05) is 31.2 Å². The van der Waals surface area contributed by atoms with E-state index in [4.69, 9.17) is 5.73 Å². The molecule has 2 aromatic rings. The summed E-state index contributed by atoms with van der Waals surface area (Å²) in [4.78, 5) is 6.53. The van der Waals surface area contributed by atoms with Crippen molar-refractivity contribution in [2.24, 2.45) is 5.73 Å². The summed E-state index contributed by atoms with van der Waals surface area (Å²) < 4.78 is 0. The first-order chi connectivity index (χ1) is 7.90. The molecule has 1 heterocycles. The summed E-state index contributed by atoms with van der Waals surface area (Å²) in [7, 11) is 0. The minimum atomic E-state index is 0.645. The highest BCUT2D eigenvalue weighted by molar-refractivity contribution is 7.13. The van der Waals surface area contributed by atoms with Gasteiger partial charge in [-0.05, 0) is 5.56 Å². The Hall–Kier alpha value is -1.39. The minimum Gasteiger partial charge on any atom is -0.343 e. The molecule has 84 valence electrons. The molecule has 0 atom stereocenters. The molecule has 0 bridgehead atoms. The van der Waals surface area contributed by atoms with Crippen LogP contribution in [0, 0.1) is 0 Å². The molecule has 0 saturated carbocycles. The molecule has 0 spiro atoms. The van der Waals surface area contributed by atoms with Crippen LogP contribution in [0.1, 0.15) is 5.56 Å². The molecule has 16 heavy (non-hydrogen) atoms. The van der Waals surface area contributed by atoms with Gasteiger partial charge in [-0.2, -0.15) is 0 Å². The van der Waals surface area contributed by atoms with Crippen LogP contribution in [0.15, 0.2) is 41.9 Å². The number of nitrogens with two attached hydrogens (primary N) is 1. The van der Waals surface area contributed by atoms with Gasteiger partial charge in [0.05, 0.1) is 0 Å². The second-order valence-corrected chi connectivity index (χ2v) is 4.38. The summed E-state index contributed by atoms with van der Waals surface area (Å²) in [6.45, 7) is 2.35. The Morgan fingerprint density at radius 1 is 1.25 bits per heavy atom. The van der Waals surface area contributed by atoms with Gasteiger partial charge >= 0.3 is 0 Å². The lowest BCUT2D eigenvalue weighted by Crippen LogP contribution is -2.28. The predicted molar refractivity (Wildman–Crippen MR) is 68.7 cm³/mol. The fourth-order valence-corrected chi connectivity index (χ4v) is 2.24. The highest BCUT2D eigenvalue weighted by Crippen LogP contribution is 2.19. The van der Waals surface area contributed by atoms with Crippen molar-refractivity contribution in [3.8, 4) is 0 Å². The lowest BCUT2D eigenvalue weighted by atomic mass is 10.2. The number of aromatic nitrogens is 1. The first kappa shape index (κ1) is 11.1. The zero-order valence-corrected chi connectivity index (χ0v) is 9.86. The van der Waals surface area contributed by atoms with Crippen molar-refractivity contribution in [2.45, 2.75) is 6.54 Å². The molecular formula is C12H15N3S. The smallest absolute Gasteiger partial charge is 0.185 e. The average Bonchev–Trinajstić information content (AvgIpc) is 2.83. The number of benzene rings is 1. The van der Waals surface area contributed by atoms with Crippen molar-refractivity contribution < 1.29 is 0 Å². The average molecular weight is 233 g/mol. The van der Waals surface area contributed by atoms with Crippen LogP contribution >= 0.6 is 11.3 Å². The van der Waals surface area contributed by atoms with Gasteiger partial charge in [-0.1, -0.05) is 30.3 Å². The van der Waals surface area contributed by atoms with E-state index in [1.54, 1.807) is 11.3 Å². The summed E-state index contributed by atoms with van der Waals surface area (Å²) >= 11 is 1.65. The van der Waals surface area contributed by atoms with Crippen molar-refractivity contribution in [1.29, 1.82) is 0 Å². The topological polar surface area (TPSA) is 42.1 Å². The lowest BCUT2D eigenvalue weighted by Gasteiger charge is -2.20. The van der Waals surface area contributed by atoms with Crippen molar-refractivity contribution in [3.05, 3.63) is 47.5 Å². The number of nitrogens with zero attached hydrogens (tertiary/aromatic N) is 2. The summed E-state index contributed by atoms with van der Waals surface area (Å²) in [5.41, 5.74) is 6.91. The lowest BCUT2D eigenvalue weighted by molar-refractivity contribution is 0.786.